The summed E-state index contributed by atoms with van der Waals surface area (Å²) >= 11 is 0. The minimum absolute atomic E-state index is 0.00570. The Labute approximate surface area is 175 Å². The second-order valence-electron chi connectivity index (χ2n) is 6.74. The Hall–Kier alpha value is -3.23. The average Bonchev–Trinajstić information content (AvgIpc) is 3.24. The van der Waals surface area contributed by atoms with Gasteiger partial charge < -0.3 is 4.57 Å². The zero-order valence-corrected chi connectivity index (χ0v) is 17.0. The number of aryl methyl sites for hydroxylation is 1. The maximum Gasteiger partial charge on any atom is 0.418 e. The third kappa shape index (κ3) is 3.45. The lowest BCUT2D eigenvalue weighted by molar-refractivity contribution is -0.138. The van der Waals surface area contributed by atoms with Crippen molar-refractivity contribution in [2.45, 2.75) is 24.3 Å². The predicted molar refractivity (Wildman–Crippen MR) is 98.2 cm³/mol. The second kappa shape index (κ2) is 6.88. The summed E-state index contributed by atoms with van der Waals surface area (Å²) in [4.78, 5) is 11.8. The van der Waals surface area contributed by atoms with Gasteiger partial charge in [-0.25, -0.2) is 27.9 Å². The lowest BCUT2D eigenvalue weighted by Crippen LogP contribution is -2.12. The topological polar surface area (TPSA) is 95.0 Å². The van der Waals surface area contributed by atoms with E-state index in [0.717, 1.165) is 10.6 Å². The molecule has 4 aromatic heterocycles. The van der Waals surface area contributed by atoms with Crippen molar-refractivity contribution in [3.63, 3.8) is 0 Å². The van der Waals surface area contributed by atoms with Crippen LogP contribution in [0.25, 0.3) is 28.3 Å². The number of rotatable bonds is 3. The van der Waals surface area contributed by atoms with Crippen LogP contribution < -0.4 is 0 Å². The summed E-state index contributed by atoms with van der Waals surface area (Å²) in [7, 11) is -2.72. The molecule has 0 fully saturated rings. The Morgan fingerprint density at radius 1 is 0.969 bits per heavy atom. The molecular weight excluding hydrogens is 466 g/mol. The van der Waals surface area contributed by atoms with Gasteiger partial charge in [0.1, 0.15) is 11.2 Å². The molecule has 0 aliphatic heterocycles. The van der Waals surface area contributed by atoms with Crippen LogP contribution in [0.2, 0.25) is 0 Å². The average molecular weight is 478 g/mol. The molecule has 0 radical (unpaired) electrons. The van der Waals surface area contributed by atoms with E-state index in [9.17, 15) is 34.8 Å². The van der Waals surface area contributed by atoms with Crippen LogP contribution in [-0.4, -0.2) is 43.3 Å². The molecule has 0 atom stereocenters. The number of alkyl halides is 6. The Morgan fingerprint density at radius 2 is 1.59 bits per heavy atom. The highest BCUT2D eigenvalue weighted by molar-refractivity contribution is 7.91. The van der Waals surface area contributed by atoms with Crippen molar-refractivity contribution in [3.8, 4) is 11.5 Å². The van der Waals surface area contributed by atoms with Gasteiger partial charge in [-0.3, -0.25) is 0 Å². The van der Waals surface area contributed by atoms with E-state index in [1.807, 2.05) is 0 Å². The van der Waals surface area contributed by atoms with Crippen LogP contribution in [0.1, 0.15) is 18.1 Å². The number of halogens is 6. The SMILES string of the molecule is CCS(=O)(=O)c1c(-c2nc3cc(C(F)(F)F)cnc3n2C)nc2cc(C(F)(F)F)cnn12. The van der Waals surface area contributed by atoms with Gasteiger partial charge in [0, 0.05) is 13.2 Å². The number of fused-ring (bicyclic) bond motifs is 2. The van der Waals surface area contributed by atoms with Gasteiger partial charge in [-0.2, -0.15) is 31.4 Å². The first-order valence-electron chi connectivity index (χ1n) is 8.83. The maximum atomic E-state index is 13.1. The molecule has 0 amide bonds. The van der Waals surface area contributed by atoms with Crippen molar-refractivity contribution in [1.29, 1.82) is 0 Å². The van der Waals surface area contributed by atoms with Gasteiger partial charge in [0.15, 0.2) is 32.0 Å². The summed E-state index contributed by atoms with van der Waals surface area (Å²) < 4.78 is 106. The monoisotopic (exact) mass is 478 g/mol. The number of aromatic nitrogens is 6. The van der Waals surface area contributed by atoms with Gasteiger partial charge in [0.25, 0.3) is 0 Å². The quantitative estimate of drug-likeness (QED) is 0.419. The van der Waals surface area contributed by atoms with Crippen molar-refractivity contribution in [2.75, 3.05) is 5.75 Å². The van der Waals surface area contributed by atoms with E-state index in [4.69, 9.17) is 0 Å². The molecule has 32 heavy (non-hydrogen) atoms. The first kappa shape index (κ1) is 22.0. The van der Waals surface area contributed by atoms with E-state index in [2.05, 4.69) is 20.1 Å². The highest BCUT2D eigenvalue weighted by Crippen LogP contribution is 2.34. The fourth-order valence-corrected chi connectivity index (χ4v) is 4.18. The zero-order chi connectivity index (χ0) is 23.6. The standard InChI is InChI=1S/C17H12F6N6O2S/c1-3-32(30,31)15-12(27-11-5-9(17(21,22)23)7-25-29(11)15)14-26-10-4-8(16(18,19)20)6-24-13(10)28(14)2/h4-7H,3H2,1-2H3. The van der Waals surface area contributed by atoms with Crippen molar-refractivity contribution in [3.05, 3.63) is 35.7 Å². The molecule has 170 valence electrons. The second-order valence-corrected chi connectivity index (χ2v) is 8.93. The molecule has 0 aliphatic rings. The summed E-state index contributed by atoms with van der Waals surface area (Å²) in [5, 5.41) is 3.06. The molecule has 0 saturated heterocycles. The molecule has 8 nitrogen and oxygen atoms in total. The van der Waals surface area contributed by atoms with Crippen LogP contribution in [0.4, 0.5) is 26.3 Å². The third-order valence-electron chi connectivity index (χ3n) is 4.69. The van der Waals surface area contributed by atoms with Crippen LogP contribution in [-0.2, 0) is 29.2 Å². The number of hydrogen-bond acceptors (Lipinski definition) is 6. The number of pyridine rings is 1. The maximum absolute atomic E-state index is 13.1. The van der Waals surface area contributed by atoms with E-state index in [1.165, 1.54) is 18.5 Å². The molecule has 4 rings (SSSR count). The number of sulfone groups is 1. The zero-order valence-electron chi connectivity index (χ0n) is 16.2. The molecule has 4 aromatic rings. The molecule has 0 saturated carbocycles. The minimum Gasteiger partial charge on any atom is -0.310 e. The first-order valence-corrected chi connectivity index (χ1v) is 10.5. The van der Waals surface area contributed by atoms with Gasteiger partial charge in [0.2, 0.25) is 0 Å². The first-order chi connectivity index (χ1) is 14.7. The summed E-state index contributed by atoms with van der Waals surface area (Å²) in [6.07, 6.45) is -8.38. The van der Waals surface area contributed by atoms with Crippen LogP contribution in [0, 0.1) is 0 Å². The van der Waals surface area contributed by atoms with Crippen LogP contribution in [0.15, 0.2) is 29.6 Å². The van der Waals surface area contributed by atoms with Crippen molar-refractivity contribution in [2.24, 2.45) is 7.05 Å². The molecule has 0 unspecified atom stereocenters. The number of hydrogen-bond donors (Lipinski definition) is 0. The highest BCUT2D eigenvalue weighted by Gasteiger charge is 2.35. The summed E-state index contributed by atoms with van der Waals surface area (Å²) in [6, 6.07) is 1.35. The molecule has 0 aliphatic carbocycles. The Kier molecular flexibility index (Phi) is 4.73. The predicted octanol–water partition coefficient (Wildman–Crippen LogP) is 3.51. The lowest BCUT2D eigenvalue weighted by Gasteiger charge is -2.07. The highest BCUT2D eigenvalue weighted by atomic mass is 32.2. The molecule has 0 bridgehead atoms. The van der Waals surface area contributed by atoms with Gasteiger partial charge in [-0.1, -0.05) is 6.92 Å². The fourth-order valence-electron chi connectivity index (χ4n) is 3.07. The van der Waals surface area contributed by atoms with Gasteiger partial charge >= 0.3 is 12.4 Å². The van der Waals surface area contributed by atoms with Crippen molar-refractivity contribution in [1.82, 2.24) is 29.1 Å². The minimum atomic E-state index is -4.75. The Balaban J connectivity index is 2.04. The lowest BCUT2D eigenvalue weighted by atomic mass is 10.2. The van der Waals surface area contributed by atoms with E-state index in [-0.39, 0.29) is 22.7 Å². The molecular formula is C17H12F6N6O2S. The van der Waals surface area contributed by atoms with Gasteiger partial charge in [0.05, 0.1) is 23.1 Å². The molecule has 0 aromatic carbocycles. The summed E-state index contributed by atoms with van der Waals surface area (Å²) in [6.45, 7) is 1.31. The van der Waals surface area contributed by atoms with E-state index in [0.29, 0.717) is 18.5 Å². The van der Waals surface area contributed by atoms with E-state index < -0.39 is 49.7 Å². The van der Waals surface area contributed by atoms with E-state index in [1.54, 1.807) is 0 Å². The van der Waals surface area contributed by atoms with Gasteiger partial charge in [-0.05, 0) is 12.1 Å². The smallest absolute Gasteiger partial charge is 0.310 e. The van der Waals surface area contributed by atoms with E-state index >= 15 is 0 Å². The number of nitrogens with zero attached hydrogens (tertiary/aromatic N) is 6. The van der Waals surface area contributed by atoms with Crippen LogP contribution >= 0.6 is 0 Å². The summed E-state index contributed by atoms with van der Waals surface area (Å²) in [5.41, 5.74) is -3.19. The normalized spacial score (nSPS) is 13.4. The molecule has 15 heteroatoms. The Bertz CT molecular complexity index is 1470. The molecule has 0 N–H and O–H groups in total. The third-order valence-corrected chi connectivity index (χ3v) is 6.40. The largest absolute Gasteiger partial charge is 0.418 e. The molecule has 4 heterocycles. The number of imidazole rings is 2. The van der Waals surface area contributed by atoms with Crippen molar-refractivity contribution < 1.29 is 34.8 Å². The fraction of sp³-hybridized carbons (Fsp3) is 0.294. The van der Waals surface area contributed by atoms with Gasteiger partial charge in [-0.15, -0.1) is 0 Å². The van der Waals surface area contributed by atoms with Crippen LogP contribution in [0.3, 0.4) is 0 Å². The summed E-state index contributed by atoms with van der Waals surface area (Å²) in [5.74, 6) is -0.630. The Morgan fingerprint density at radius 3 is 2.19 bits per heavy atom. The molecule has 0 spiro atoms. The van der Waals surface area contributed by atoms with Crippen molar-refractivity contribution >= 4 is 26.6 Å². The van der Waals surface area contributed by atoms with Crippen LogP contribution in [0.5, 0.6) is 0 Å².